The van der Waals surface area contributed by atoms with Gasteiger partial charge in [-0.25, -0.2) is 18.4 Å². The van der Waals surface area contributed by atoms with Gasteiger partial charge in [-0.15, -0.1) is 0 Å². The third-order valence-corrected chi connectivity index (χ3v) is 12.4. The minimum Gasteiger partial charge on any atom is -0.497 e. The first-order valence-corrected chi connectivity index (χ1v) is 19.3. The van der Waals surface area contributed by atoms with Crippen LogP contribution in [0.5, 0.6) is 11.5 Å². The lowest BCUT2D eigenvalue weighted by Crippen LogP contribution is -2.55. The maximum atomic E-state index is 14.3. The summed E-state index contributed by atoms with van der Waals surface area (Å²) in [6.07, 6.45) is 7.49. The number of methoxy groups -OCH3 is 1. The van der Waals surface area contributed by atoms with Crippen molar-refractivity contribution in [3.05, 3.63) is 66.7 Å². The van der Waals surface area contributed by atoms with E-state index in [0.29, 0.717) is 42.1 Å². The SMILES string of the molecule is COc1ccc2c(O[C@@H]3C[C@H]4C(=O)N[C@]5(C(=O)NS(=O)(=O)C6CC6)CC5/C=C/CCCCN(N(C)C)C(=O)[C@@H]4C3)cc(-c3ccccc3)nc2c1. The molecular weight excluding hydrogens is 671 g/mol. The predicted molar refractivity (Wildman–Crippen MR) is 192 cm³/mol. The summed E-state index contributed by atoms with van der Waals surface area (Å²) in [6, 6.07) is 17.2. The van der Waals surface area contributed by atoms with E-state index < -0.39 is 50.6 Å². The quantitative estimate of drug-likeness (QED) is 0.328. The number of fused-ring (bicyclic) bond motifs is 3. The molecule has 0 spiro atoms. The van der Waals surface area contributed by atoms with E-state index in [1.807, 2.05) is 80.8 Å². The van der Waals surface area contributed by atoms with Crippen LogP contribution in [-0.4, -0.2) is 85.8 Å². The standard InChI is InChI=1S/C38H45N5O7S/c1-42(2)43-18-10-5-4-9-13-25-23-38(25,37(46)41-51(47,48)28-15-16-28)40-35(44)30-19-27(20-31(30)36(43)45)50-34-22-32(24-11-7-6-8-12-24)39-33-21-26(49-3)14-17-29(33)34/h6-9,11-14,17,21-22,25,27-28,30-31H,4-5,10,15-16,18-20,23H2,1-3H3,(H,40,44)(H,41,46)/b13-9+/t25?,27-,30-,31-,38-/m1/s1. The number of nitrogens with one attached hydrogen (secondary N) is 2. The molecule has 13 heteroatoms. The molecule has 2 heterocycles. The minimum atomic E-state index is -3.83. The first kappa shape index (κ1) is 34.9. The van der Waals surface area contributed by atoms with E-state index in [2.05, 4.69) is 10.0 Å². The van der Waals surface area contributed by atoms with Gasteiger partial charge in [0.1, 0.15) is 23.1 Å². The number of carbonyl (C=O) groups is 3. The molecule has 270 valence electrons. The van der Waals surface area contributed by atoms with Gasteiger partial charge in [-0.05, 0) is 63.5 Å². The molecule has 1 aromatic heterocycles. The Balaban J connectivity index is 1.22. The van der Waals surface area contributed by atoms with Crippen LogP contribution in [0.4, 0.5) is 0 Å². The van der Waals surface area contributed by atoms with Crippen molar-refractivity contribution in [2.75, 3.05) is 27.7 Å². The van der Waals surface area contributed by atoms with E-state index in [0.717, 1.165) is 30.2 Å². The average molecular weight is 716 g/mol. The Bertz CT molecular complexity index is 1970. The van der Waals surface area contributed by atoms with Gasteiger partial charge in [-0.3, -0.25) is 24.1 Å². The molecule has 12 nitrogen and oxygen atoms in total. The number of allylic oxidation sites excluding steroid dienone is 1. The number of hydrogen-bond donors (Lipinski definition) is 2. The van der Waals surface area contributed by atoms with E-state index in [4.69, 9.17) is 14.5 Å². The second-order valence-electron chi connectivity index (χ2n) is 14.4. The normalized spacial score (nSPS) is 27.6. The first-order chi connectivity index (χ1) is 24.5. The van der Waals surface area contributed by atoms with Gasteiger partial charge >= 0.3 is 0 Å². The molecule has 5 atom stereocenters. The minimum absolute atomic E-state index is 0.185. The zero-order chi connectivity index (χ0) is 35.9. The number of ether oxygens (including phenoxy) is 2. The summed E-state index contributed by atoms with van der Waals surface area (Å²) >= 11 is 0. The summed E-state index contributed by atoms with van der Waals surface area (Å²) in [5, 5.41) is 6.60. The monoisotopic (exact) mass is 715 g/mol. The molecule has 2 N–H and O–H groups in total. The van der Waals surface area contributed by atoms with Crippen LogP contribution in [0.25, 0.3) is 22.2 Å². The number of hydrogen-bond acceptors (Lipinski definition) is 9. The summed E-state index contributed by atoms with van der Waals surface area (Å²) in [6.45, 7) is 0.502. The summed E-state index contributed by atoms with van der Waals surface area (Å²) in [5.41, 5.74) is 0.885. The Labute approximate surface area is 298 Å². The van der Waals surface area contributed by atoms with E-state index in [1.54, 1.807) is 17.1 Å². The molecule has 3 aromatic rings. The average Bonchev–Trinajstić information content (AvgIpc) is 4.04. The largest absolute Gasteiger partial charge is 0.497 e. The van der Waals surface area contributed by atoms with Crippen LogP contribution in [0.2, 0.25) is 0 Å². The number of sulfonamides is 1. The van der Waals surface area contributed by atoms with Crippen molar-refractivity contribution in [2.24, 2.45) is 17.8 Å². The van der Waals surface area contributed by atoms with E-state index in [-0.39, 0.29) is 31.1 Å². The van der Waals surface area contributed by atoms with E-state index in [9.17, 15) is 22.8 Å². The fraction of sp³-hybridized carbons (Fsp3) is 0.474. The fourth-order valence-corrected chi connectivity index (χ4v) is 8.81. The number of nitrogens with zero attached hydrogens (tertiary/aromatic N) is 3. The van der Waals surface area contributed by atoms with Gasteiger partial charge in [-0.2, -0.15) is 0 Å². The number of rotatable bonds is 8. The van der Waals surface area contributed by atoms with Gasteiger partial charge in [0.05, 0.1) is 35.4 Å². The lowest BCUT2D eigenvalue weighted by molar-refractivity contribution is -0.153. The second-order valence-corrected chi connectivity index (χ2v) is 16.3. The number of hydrazine groups is 1. The van der Waals surface area contributed by atoms with Gasteiger partial charge in [0.2, 0.25) is 21.8 Å². The van der Waals surface area contributed by atoms with Crippen LogP contribution in [0, 0.1) is 17.8 Å². The van der Waals surface area contributed by atoms with Gasteiger partial charge in [0.25, 0.3) is 5.91 Å². The maximum absolute atomic E-state index is 14.3. The highest BCUT2D eigenvalue weighted by atomic mass is 32.2. The maximum Gasteiger partial charge on any atom is 0.259 e. The summed E-state index contributed by atoms with van der Waals surface area (Å²) in [4.78, 5) is 47.2. The Morgan fingerprint density at radius 3 is 2.53 bits per heavy atom. The second kappa shape index (κ2) is 13.9. The van der Waals surface area contributed by atoms with Gasteiger partial charge < -0.3 is 14.8 Å². The molecule has 1 aliphatic heterocycles. The Kier molecular flexibility index (Phi) is 9.53. The third kappa shape index (κ3) is 7.18. The van der Waals surface area contributed by atoms with Crippen molar-refractivity contribution in [3.8, 4) is 22.8 Å². The first-order valence-electron chi connectivity index (χ1n) is 17.7. The number of amides is 3. The molecule has 0 radical (unpaired) electrons. The van der Waals surface area contributed by atoms with Gasteiger partial charge in [-0.1, -0.05) is 42.5 Å². The molecule has 0 bridgehead atoms. The summed E-state index contributed by atoms with van der Waals surface area (Å²) < 4.78 is 40.1. The van der Waals surface area contributed by atoms with Crippen LogP contribution >= 0.6 is 0 Å². The van der Waals surface area contributed by atoms with Crippen molar-refractivity contribution in [1.82, 2.24) is 25.0 Å². The number of pyridine rings is 1. The Hall–Kier alpha value is -4.49. The number of aromatic nitrogens is 1. The van der Waals surface area contributed by atoms with E-state index >= 15 is 0 Å². The predicted octanol–water partition coefficient (Wildman–Crippen LogP) is 4.21. The van der Waals surface area contributed by atoms with Crippen molar-refractivity contribution in [1.29, 1.82) is 0 Å². The molecule has 3 aliphatic carbocycles. The highest BCUT2D eigenvalue weighted by Crippen LogP contribution is 2.47. The molecule has 4 aliphatic rings. The molecule has 3 amide bonds. The van der Waals surface area contributed by atoms with Crippen LogP contribution in [0.15, 0.2) is 66.7 Å². The van der Waals surface area contributed by atoms with Crippen LogP contribution in [0.1, 0.15) is 51.4 Å². The summed E-state index contributed by atoms with van der Waals surface area (Å²) in [7, 11) is 1.40. The molecule has 0 saturated heterocycles. The van der Waals surface area contributed by atoms with Gasteiger partial charge in [0.15, 0.2) is 0 Å². The van der Waals surface area contributed by atoms with Crippen LogP contribution < -0.4 is 19.5 Å². The smallest absolute Gasteiger partial charge is 0.259 e. The number of carbonyl (C=O) groups excluding carboxylic acids is 3. The molecule has 2 aromatic carbocycles. The molecule has 7 rings (SSSR count). The van der Waals surface area contributed by atoms with Crippen molar-refractivity contribution >= 4 is 38.6 Å². The Morgan fingerprint density at radius 1 is 1.04 bits per heavy atom. The Morgan fingerprint density at radius 2 is 1.80 bits per heavy atom. The topological polar surface area (TPSA) is 147 Å². The molecule has 3 saturated carbocycles. The number of benzene rings is 2. The van der Waals surface area contributed by atoms with Crippen molar-refractivity contribution in [2.45, 2.75) is 68.3 Å². The van der Waals surface area contributed by atoms with Crippen molar-refractivity contribution in [3.63, 3.8) is 0 Å². The van der Waals surface area contributed by atoms with Gasteiger partial charge in [0, 0.05) is 49.6 Å². The fourth-order valence-electron chi connectivity index (χ4n) is 7.45. The zero-order valence-electron chi connectivity index (χ0n) is 29.2. The molecule has 51 heavy (non-hydrogen) atoms. The summed E-state index contributed by atoms with van der Waals surface area (Å²) in [5.74, 6) is -2.04. The third-order valence-electron chi connectivity index (χ3n) is 10.6. The molecule has 3 fully saturated rings. The zero-order valence-corrected chi connectivity index (χ0v) is 30.0. The van der Waals surface area contributed by atoms with E-state index in [1.165, 1.54) is 0 Å². The molecule has 1 unspecified atom stereocenters. The lowest BCUT2D eigenvalue weighted by atomic mass is 9.93. The van der Waals surface area contributed by atoms with Crippen LogP contribution in [0.3, 0.4) is 0 Å². The lowest BCUT2D eigenvalue weighted by Gasteiger charge is -2.33. The highest BCUT2D eigenvalue weighted by Gasteiger charge is 2.62. The highest BCUT2D eigenvalue weighted by molar-refractivity contribution is 7.91. The van der Waals surface area contributed by atoms with Crippen LogP contribution in [-0.2, 0) is 24.4 Å². The van der Waals surface area contributed by atoms with Crippen molar-refractivity contribution < 1.29 is 32.3 Å². The molecular formula is C38H45N5O7S.